The molecule has 2 N–H and O–H groups in total. The summed E-state index contributed by atoms with van der Waals surface area (Å²) in [7, 11) is 0. The summed E-state index contributed by atoms with van der Waals surface area (Å²) in [4.78, 5) is 13.7. The van der Waals surface area contributed by atoms with Crippen molar-refractivity contribution in [3.05, 3.63) is 66.5 Å². The molecular weight excluding hydrogens is 329 g/mol. The van der Waals surface area contributed by atoms with E-state index < -0.39 is 0 Å². The van der Waals surface area contributed by atoms with E-state index >= 15 is 0 Å². The smallest absolute Gasteiger partial charge is 0.134 e. The minimum atomic E-state index is -0.282. The van der Waals surface area contributed by atoms with Gasteiger partial charge in [0.05, 0.1) is 5.69 Å². The summed E-state index contributed by atoms with van der Waals surface area (Å²) in [6, 6.07) is 12.1. The van der Waals surface area contributed by atoms with Gasteiger partial charge in [0.1, 0.15) is 17.5 Å². The zero-order chi connectivity index (χ0) is 17.8. The number of pyridine rings is 1. The van der Waals surface area contributed by atoms with E-state index in [2.05, 4.69) is 15.6 Å². The first-order valence-corrected chi connectivity index (χ1v) is 8.80. The molecule has 0 aliphatic carbocycles. The van der Waals surface area contributed by atoms with Crippen LogP contribution < -0.4 is 10.6 Å². The Morgan fingerprint density at radius 3 is 2.69 bits per heavy atom. The number of hydrogen-bond donors (Lipinski definition) is 2. The molecule has 3 heterocycles. The van der Waals surface area contributed by atoms with Crippen molar-refractivity contribution in [3.8, 4) is 11.3 Å². The molecule has 2 aromatic heterocycles. The second kappa shape index (κ2) is 7.58. The number of piperidine rings is 1. The first kappa shape index (κ1) is 16.6. The maximum Gasteiger partial charge on any atom is 0.134 e. The Labute approximate surface area is 151 Å². The third kappa shape index (κ3) is 3.86. The van der Waals surface area contributed by atoms with E-state index in [4.69, 9.17) is 9.97 Å². The molecule has 0 atom stereocenters. The number of hydrogen-bond acceptors (Lipinski definition) is 5. The lowest BCUT2D eigenvalue weighted by atomic mass is 9.97. The van der Waals surface area contributed by atoms with E-state index in [0.29, 0.717) is 17.4 Å². The van der Waals surface area contributed by atoms with Crippen LogP contribution in [0.5, 0.6) is 0 Å². The summed E-state index contributed by atoms with van der Waals surface area (Å²) < 4.78 is 13.5. The highest BCUT2D eigenvalue weighted by Crippen LogP contribution is 2.28. The lowest BCUT2D eigenvalue weighted by Gasteiger charge is -2.22. The third-order valence-electron chi connectivity index (χ3n) is 4.50. The molecule has 26 heavy (non-hydrogen) atoms. The summed E-state index contributed by atoms with van der Waals surface area (Å²) in [6.45, 7) is 1.94. The van der Waals surface area contributed by atoms with Crippen LogP contribution in [0.25, 0.3) is 11.3 Å². The van der Waals surface area contributed by atoms with Crippen LogP contribution in [-0.4, -0.2) is 28.0 Å². The molecule has 1 aromatic carbocycles. The van der Waals surface area contributed by atoms with Crippen LogP contribution in [-0.2, 0) is 0 Å². The molecule has 6 heteroatoms. The van der Waals surface area contributed by atoms with Gasteiger partial charge in [0.25, 0.3) is 0 Å². The van der Waals surface area contributed by atoms with Gasteiger partial charge in [-0.25, -0.2) is 14.4 Å². The highest BCUT2D eigenvalue weighted by atomic mass is 19.1. The Hall–Kier alpha value is -2.86. The average Bonchev–Trinajstić information content (AvgIpc) is 2.69. The molecule has 0 spiro atoms. The van der Waals surface area contributed by atoms with E-state index in [-0.39, 0.29) is 5.82 Å². The lowest BCUT2D eigenvalue weighted by molar-refractivity contribution is 0.445. The SMILES string of the molecule is Fc1cccc(Nc2cc(-c3cccnc3)nc(C3CCNCC3)n2)c1. The maximum absolute atomic E-state index is 13.5. The number of nitrogens with zero attached hydrogens (tertiary/aromatic N) is 3. The zero-order valence-electron chi connectivity index (χ0n) is 14.3. The molecule has 5 nitrogen and oxygen atoms in total. The van der Waals surface area contributed by atoms with Crippen LogP contribution in [0.4, 0.5) is 15.9 Å². The average molecular weight is 349 g/mol. The van der Waals surface area contributed by atoms with Gasteiger partial charge in [0.2, 0.25) is 0 Å². The van der Waals surface area contributed by atoms with E-state index in [1.165, 1.54) is 12.1 Å². The Balaban J connectivity index is 1.72. The van der Waals surface area contributed by atoms with Crippen molar-refractivity contribution in [3.63, 3.8) is 0 Å². The van der Waals surface area contributed by atoms with Crippen molar-refractivity contribution >= 4 is 11.5 Å². The highest BCUT2D eigenvalue weighted by Gasteiger charge is 2.20. The molecule has 0 unspecified atom stereocenters. The predicted molar refractivity (Wildman–Crippen MR) is 99.8 cm³/mol. The molecule has 1 aliphatic rings. The molecule has 132 valence electrons. The van der Waals surface area contributed by atoms with Gasteiger partial charge in [0.15, 0.2) is 0 Å². The monoisotopic (exact) mass is 349 g/mol. The van der Waals surface area contributed by atoms with Crippen LogP contribution in [0.1, 0.15) is 24.6 Å². The first-order valence-electron chi connectivity index (χ1n) is 8.80. The zero-order valence-corrected chi connectivity index (χ0v) is 14.3. The van der Waals surface area contributed by atoms with E-state index in [1.807, 2.05) is 24.3 Å². The second-order valence-corrected chi connectivity index (χ2v) is 6.40. The fourth-order valence-corrected chi connectivity index (χ4v) is 3.17. The molecule has 1 fully saturated rings. The topological polar surface area (TPSA) is 62.7 Å². The molecule has 3 aromatic rings. The van der Waals surface area contributed by atoms with Gasteiger partial charge >= 0.3 is 0 Å². The molecular formula is C20H20FN5. The molecule has 4 rings (SSSR count). The largest absolute Gasteiger partial charge is 0.340 e. The van der Waals surface area contributed by atoms with Crippen molar-refractivity contribution in [2.75, 3.05) is 18.4 Å². The predicted octanol–water partition coefficient (Wildman–Crippen LogP) is 3.89. The maximum atomic E-state index is 13.5. The van der Waals surface area contributed by atoms with Gasteiger partial charge in [-0.3, -0.25) is 4.98 Å². The fraction of sp³-hybridized carbons (Fsp3) is 0.250. The minimum absolute atomic E-state index is 0.282. The molecule has 0 bridgehead atoms. The third-order valence-corrected chi connectivity index (χ3v) is 4.50. The number of aromatic nitrogens is 3. The first-order chi connectivity index (χ1) is 12.8. The van der Waals surface area contributed by atoms with Crippen LogP contribution >= 0.6 is 0 Å². The second-order valence-electron chi connectivity index (χ2n) is 6.40. The van der Waals surface area contributed by atoms with Crippen LogP contribution in [0.3, 0.4) is 0 Å². The van der Waals surface area contributed by atoms with Gasteiger partial charge in [-0.2, -0.15) is 0 Å². The molecule has 0 saturated carbocycles. The van der Waals surface area contributed by atoms with Crippen molar-refractivity contribution in [2.45, 2.75) is 18.8 Å². The van der Waals surface area contributed by atoms with Crippen LogP contribution in [0, 0.1) is 5.82 Å². The minimum Gasteiger partial charge on any atom is -0.340 e. The van der Waals surface area contributed by atoms with Gasteiger partial charge in [-0.15, -0.1) is 0 Å². The lowest BCUT2D eigenvalue weighted by Crippen LogP contribution is -2.27. The van der Waals surface area contributed by atoms with Crippen LogP contribution in [0.2, 0.25) is 0 Å². The molecule has 0 radical (unpaired) electrons. The number of rotatable bonds is 4. The standard InChI is InChI=1S/C20H20FN5/c21-16-4-1-5-17(11-16)24-19-12-18(15-3-2-8-23-13-15)25-20(26-19)14-6-9-22-10-7-14/h1-5,8,11-14,22H,6-7,9-10H2,(H,24,25,26). The Kier molecular flexibility index (Phi) is 4.84. The normalized spacial score (nSPS) is 15.0. The Bertz CT molecular complexity index is 878. The quantitative estimate of drug-likeness (QED) is 0.748. The summed E-state index contributed by atoms with van der Waals surface area (Å²) in [5.74, 6) is 1.53. The summed E-state index contributed by atoms with van der Waals surface area (Å²) >= 11 is 0. The van der Waals surface area contributed by atoms with E-state index in [1.54, 1.807) is 18.5 Å². The number of anilines is 2. The molecule has 0 amide bonds. The van der Waals surface area contributed by atoms with Gasteiger partial charge in [-0.05, 0) is 56.3 Å². The van der Waals surface area contributed by atoms with E-state index in [9.17, 15) is 4.39 Å². The van der Waals surface area contributed by atoms with Crippen molar-refractivity contribution in [2.24, 2.45) is 0 Å². The highest BCUT2D eigenvalue weighted by molar-refractivity contribution is 5.65. The summed E-state index contributed by atoms with van der Waals surface area (Å²) in [5, 5.41) is 6.58. The molecule has 1 aliphatic heterocycles. The Morgan fingerprint density at radius 1 is 1.04 bits per heavy atom. The van der Waals surface area contributed by atoms with Crippen molar-refractivity contribution in [1.29, 1.82) is 0 Å². The fourth-order valence-electron chi connectivity index (χ4n) is 3.17. The van der Waals surface area contributed by atoms with Gasteiger partial charge < -0.3 is 10.6 Å². The number of nitrogens with one attached hydrogen (secondary N) is 2. The van der Waals surface area contributed by atoms with E-state index in [0.717, 1.165) is 43.0 Å². The van der Waals surface area contributed by atoms with Gasteiger partial charge in [-0.1, -0.05) is 6.07 Å². The van der Waals surface area contributed by atoms with Crippen molar-refractivity contribution in [1.82, 2.24) is 20.3 Å². The molecule has 1 saturated heterocycles. The Morgan fingerprint density at radius 2 is 1.92 bits per heavy atom. The number of benzene rings is 1. The summed E-state index contributed by atoms with van der Waals surface area (Å²) in [5.41, 5.74) is 2.42. The summed E-state index contributed by atoms with van der Waals surface area (Å²) in [6.07, 6.45) is 5.55. The van der Waals surface area contributed by atoms with Crippen molar-refractivity contribution < 1.29 is 4.39 Å². The van der Waals surface area contributed by atoms with Crippen LogP contribution in [0.15, 0.2) is 54.9 Å². The number of halogens is 1. The van der Waals surface area contributed by atoms with Gasteiger partial charge in [0, 0.05) is 35.6 Å².